The van der Waals surface area contributed by atoms with E-state index in [0.717, 1.165) is 28.0 Å². The van der Waals surface area contributed by atoms with Crippen LogP contribution in [0.1, 0.15) is 33.9 Å². The zero-order valence-electron chi connectivity index (χ0n) is 12.8. The topological polar surface area (TPSA) is 47.3 Å². The van der Waals surface area contributed by atoms with Gasteiger partial charge in [-0.15, -0.1) is 0 Å². The minimum atomic E-state index is -0.459. The van der Waals surface area contributed by atoms with E-state index in [1.165, 1.54) is 6.07 Å². The van der Waals surface area contributed by atoms with Crippen LogP contribution in [0.25, 0.3) is 0 Å². The largest absolute Gasteiger partial charge is 0.496 e. The number of hydrogen-bond donors (Lipinski definition) is 2. The lowest BCUT2D eigenvalue weighted by molar-refractivity contribution is 0.399. The highest BCUT2D eigenvalue weighted by Crippen LogP contribution is 2.34. The van der Waals surface area contributed by atoms with Gasteiger partial charge in [0.25, 0.3) is 0 Å². The van der Waals surface area contributed by atoms with Gasteiger partial charge in [0.2, 0.25) is 0 Å². The van der Waals surface area contributed by atoms with Gasteiger partial charge in [0.15, 0.2) is 0 Å². The van der Waals surface area contributed by atoms with Crippen molar-refractivity contribution in [2.75, 3.05) is 7.11 Å². The van der Waals surface area contributed by atoms with Crippen LogP contribution in [0.3, 0.4) is 0 Å². The smallest absolute Gasteiger partial charge is 0.128 e. The fourth-order valence-corrected chi connectivity index (χ4v) is 2.54. The first-order valence-corrected chi connectivity index (χ1v) is 6.85. The van der Waals surface area contributed by atoms with Gasteiger partial charge in [-0.25, -0.2) is 9.82 Å². The zero-order chi connectivity index (χ0) is 15.6. The van der Waals surface area contributed by atoms with Gasteiger partial charge in [0.05, 0.1) is 13.2 Å². The summed E-state index contributed by atoms with van der Waals surface area (Å²) in [4.78, 5) is 0. The molecule has 3 nitrogen and oxygen atoms in total. The third-order valence-corrected chi connectivity index (χ3v) is 3.85. The molecule has 21 heavy (non-hydrogen) atoms. The van der Waals surface area contributed by atoms with Gasteiger partial charge in [-0.2, -0.15) is 0 Å². The lowest BCUT2D eigenvalue weighted by Gasteiger charge is -2.22. The summed E-state index contributed by atoms with van der Waals surface area (Å²) in [5, 5.41) is 0. The monoisotopic (exact) mass is 288 g/mol. The molecule has 112 valence electrons. The SMILES string of the molecule is COc1c(C(NN)c2cc(C)ccc2F)ccc(C)c1C. The maximum atomic E-state index is 14.2. The van der Waals surface area contributed by atoms with Crippen LogP contribution in [0.15, 0.2) is 30.3 Å². The molecule has 0 aliphatic heterocycles. The van der Waals surface area contributed by atoms with E-state index in [1.54, 1.807) is 19.2 Å². The number of aryl methyl sites for hydroxylation is 2. The number of halogens is 1. The standard InChI is InChI=1S/C17H21FN2O/c1-10-5-8-15(18)14(9-10)16(20-19)13-7-6-11(2)12(3)17(13)21-4/h5-9,16,20H,19H2,1-4H3. The Morgan fingerprint density at radius 3 is 2.43 bits per heavy atom. The van der Waals surface area contributed by atoms with Crippen LogP contribution >= 0.6 is 0 Å². The molecule has 0 aromatic heterocycles. The normalized spacial score (nSPS) is 12.3. The molecule has 0 radical (unpaired) electrons. The molecule has 1 atom stereocenters. The fraction of sp³-hybridized carbons (Fsp3) is 0.294. The highest BCUT2D eigenvalue weighted by molar-refractivity contribution is 5.50. The molecule has 0 fully saturated rings. The van der Waals surface area contributed by atoms with Crippen LogP contribution in [-0.2, 0) is 0 Å². The first kappa shape index (κ1) is 15.5. The summed E-state index contributed by atoms with van der Waals surface area (Å²) < 4.78 is 19.7. The summed E-state index contributed by atoms with van der Waals surface area (Å²) in [7, 11) is 1.62. The second-order valence-corrected chi connectivity index (χ2v) is 5.25. The third-order valence-electron chi connectivity index (χ3n) is 3.85. The Kier molecular flexibility index (Phi) is 4.60. The van der Waals surface area contributed by atoms with Gasteiger partial charge in [-0.05, 0) is 38.0 Å². The number of methoxy groups -OCH3 is 1. The van der Waals surface area contributed by atoms with Crippen molar-refractivity contribution in [3.05, 3.63) is 64.0 Å². The van der Waals surface area contributed by atoms with Crippen molar-refractivity contribution in [3.63, 3.8) is 0 Å². The van der Waals surface area contributed by atoms with Crippen molar-refractivity contribution in [2.24, 2.45) is 5.84 Å². The summed E-state index contributed by atoms with van der Waals surface area (Å²) in [5.41, 5.74) is 7.18. The van der Waals surface area contributed by atoms with Gasteiger partial charge in [-0.1, -0.05) is 29.8 Å². The first-order valence-electron chi connectivity index (χ1n) is 6.85. The van der Waals surface area contributed by atoms with Crippen LogP contribution in [0.2, 0.25) is 0 Å². The van der Waals surface area contributed by atoms with Crippen LogP contribution in [-0.4, -0.2) is 7.11 Å². The first-order chi connectivity index (χ1) is 9.99. The van der Waals surface area contributed by atoms with Crippen LogP contribution in [0.4, 0.5) is 4.39 Å². The van der Waals surface area contributed by atoms with E-state index in [2.05, 4.69) is 5.43 Å². The van der Waals surface area contributed by atoms with Gasteiger partial charge in [0.1, 0.15) is 11.6 Å². The molecule has 0 amide bonds. The molecule has 2 rings (SSSR count). The Morgan fingerprint density at radius 1 is 1.10 bits per heavy atom. The Hall–Kier alpha value is -1.91. The Labute approximate surface area is 124 Å². The third kappa shape index (κ3) is 2.91. The summed E-state index contributed by atoms with van der Waals surface area (Å²) >= 11 is 0. The number of ether oxygens (including phenoxy) is 1. The summed E-state index contributed by atoms with van der Waals surface area (Å²) in [5.74, 6) is 6.14. The van der Waals surface area contributed by atoms with Gasteiger partial charge in [-0.3, -0.25) is 5.84 Å². The van der Waals surface area contributed by atoms with Gasteiger partial charge >= 0.3 is 0 Å². The molecule has 0 heterocycles. The predicted molar refractivity (Wildman–Crippen MR) is 82.8 cm³/mol. The molecule has 2 aromatic rings. The Bertz CT molecular complexity index is 655. The summed E-state index contributed by atoms with van der Waals surface area (Å²) in [6, 6.07) is 8.46. The quantitative estimate of drug-likeness (QED) is 0.670. The van der Waals surface area contributed by atoms with Crippen molar-refractivity contribution >= 4 is 0 Å². The predicted octanol–water partition coefficient (Wildman–Crippen LogP) is 3.31. The van der Waals surface area contributed by atoms with E-state index in [0.29, 0.717) is 5.56 Å². The average Bonchev–Trinajstić information content (AvgIpc) is 2.47. The van der Waals surface area contributed by atoms with E-state index in [-0.39, 0.29) is 5.82 Å². The maximum Gasteiger partial charge on any atom is 0.128 e. The zero-order valence-corrected chi connectivity index (χ0v) is 12.8. The number of nitrogens with two attached hydrogens (primary N) is 1. The van der Waals surface area contributed by atoms with Crippen molar-refractivity contribution in [2.45, 2.75) is 26.8 Å². The molecule has 0 saturated heterocycles. The summed E-state index contributed by atoms with van der Waals surface area (Å²) in [6.45, 7) is 5.92. The van der Waals surface area contributed by atoms with E-state index in [9.17, 15) is 4.39 Å². The Morgan fingerprint density at radius 2 is 1.81 bits per heavy atom. The lowest BCUT2D eigenvalue weighted by Crippen LogP contribution is -2.30. The van der Waals surface area contributed by atoms with E-state index < -0.39 is 6.04 Å². The number of rotatable bonds is 4. The molecule has 0 aliphatic rings. The van der Waals surface area contributed by atoms with Gasteiger partial charge < -0.3 is 4.74 Å². The molecule has 2 aromatic carbocycles. The van der Waals surface area contributed by atoms with Crippen molar-refractivity contribution in [1.82, 2.24) is 5.43 Å². The number of hydrogen-bond acceptors (Lipinski definition) is 3. The molecule has 1 unspecified atom stereocenters. The fourth-order valence-electron chi connectivity index (χ4n) is 2.54. The number of hydrazine groups is 1. The van der Waals surface area contributed by atoms with Crippen LogP contribution in [0.5, 0.6) is 5.75 Å². The Balaban J connectivity index is 2.62. The highest BCUT2D eigenvalue weighted by atomic mass is 19.1. The number of nitrogens with one attached hydrogen (secondary N) is 1. The van der Waals surface area contributed by atoms with E-state index in [4.69, 9.17) is 10.6 Å². The van der Waals surface area contributed by atoms with E-state index >= 15 is 0 Å². The molecule has 0 spiro atoms. The molecule has 4 heteroatoms. The molecule has 3 N–H and O–H groups in total. The molecule has 0 aliphatic carbocycles. The average molecular weight is 288 g/mol. The van der Waals surface area contributed by atoms with Crippen LogP contribution < -0.4 is 16.0 Å². The molecule has 0 saturated carbocycles. The van der Waals surface area contributed by atoms with Crippen molar-refractivity contribution in [1.29, 1.82) is 0 Å². The number of benzene rings is 2. The molecule has 0 bridgehead atoms. The second kappa shape index (κ2) is 6.24. The van der Waals surface area contributed by atoms with E-state index in [1.807, 2.05) is 32.9 Å². The highest BCUT2D eigenvalue weighted by Gasteiger charge is 2.22. The van der Waals surface area contributed by atoms with Crippen molar-refractivity contribution in [3.8, 4) is 5.75 Å². The maximum absolute atomic E-state index is 14.2. The molecular weight excluding hydrogens is 267 g/mol. The second-order valence-electron chi connectivity index (χ2n) is 5.25. The lowest BCUT2D eigenvalue weighted by atomic mass is 9.93. The van der Waals surface area contributed by atoms with Crippen molar-refractivity contribution < 1.29 is 9.13 Å². The van der Waals surface area contributed by atoms with Crippen LogP contribution in [0, 0.1) is 26.6 Å². The molecular formula is C17H21FN2O. The minimum Gasteiger partial charge on any atom is -0.496 e. The van der Waals surface area contributed by atoms with Gasteiger partial charge in [0, 0.05) is 11.1 Å². The summed E-state index contributed by atoms with van der Waals surface area (Å²) in [6.07, 6.45) is 0. The minimum absolute atomic E-state index is 0.288.